The maximum atomic E-state index is 13.1. The number of carbonyl (C=O) groups is 2. The largest absolute Gasteiger partial charge is 0.494 e. The van der Waals surface area contributed by atoms with Crippen molar-refractivity contribution in [2.75, 3.05) is 31.6 Å². The van der Waals surface area contributed by atoms with Crippen LogP contribution < -0.4 is 15.0 Å². The van der Waals surface area contributed by atoms with Crippen molar-refractivity contribution in [2.45, 2.75) is 45.2 Å². The molecule has 2 heterocycles. The number of fused-ring (bicyclic) bond motifs is 1. The monoisotopic (exact) mass is 421 g/mol. The highest BCUT2D eigenvalue weighted by molar-refractivity contribution is 5.98. The summed E-state index contributed by atoms with van der Waals surface area (Å²) < 4.78 is 5.51. The molecular weight excluding hydrogens is 390 g/mol. The number of ether oxygens (including phenoxy) is 1. The summed E-state index contributed by atoms with van der Waals surface area (Å²) in [5.74, 6) is 0.476. The highest BCUT2D eigenvalue weighted by Crippen LogP contribution is 2.27. The van der Waals surface area contributed by atoms with E-state index in [0.717, 1.165) is 31.4 Å². The van der Waals surface area contributed by atoms with Crippen molar-refractivity contribution in [1.82, 2.24) is 10.2 Å². The van der Waals surface area contributed by atoms with Crippen molar-refractivity contribution in [3.05, 3.63) is 59.2 Å². The second-order valence-electron chi connectivity index (χ2n) is 8.32. The lowest BCUT2D eigenvalue weighted by atomic mass is 9.99. The summed E-state index contributed by atoms with van der Waals surface area (Å²) in [6.45, 7) is 4.62. The van der Waals surface area contributed by atoms with Gasteiger partial charge in [-0.25, -0.2) is 0 Å². The van der Waals surface area contributed by atoms with Crippen molar-refractivity contribution < 1.29 is 14.3 Å². The number of likely N-dealkylation sites (tertiary alicyclic amines) is 1. The second-order valence-corrected chi connectivity index (χ2v) is 8.32. The number of anilines is 1. The molecule has 2 aliphatic rings. The molecule has 2 aromatic carbocycles. The number of carbonyl (C=O) groups excluding carboxylic acids is 2. The number of aryl methyl sites for hydroxylation is 1. The summed E-state index contributed by atoms with van der Waals surface area (Å²) in [4.78, 5) is 30.0. The van der Waals surface area contributed by atoms with Crippen LogP contribution in [-0.2, 0) is 17.8 Å². The van der Waals surface area contributed by atoms with E-state index < -0.39 is 6.04 Å². The molecule has 4 rings (SSSR count). The van der Waals surface area contributed by atoms with Gasteiger partial charge in [-0.3, -0.25) is 9.59 Å². The van der Waals surface area contributed by atoms with Gasteiger partial charge in [0.2, 0.25) is 5.91 Å². The van der Waals surface area contributed by atoms with Gasteiger partial charge in [-0.15, -0.1) is 0 Å². The molecule has 1 N–H and O–H groups in total. The highest BCUT2D eigenvalue weighted by Gasteiger charge is 2.34. The summed E-state index contributed by atoms with van der Waals surface area (Å²) in [6.07, 6.45) is 3.76. The summed E-state index contributed by atoms with van der Waals surface area (Å²) in [5.41, 5.74) is 4.28. The van der Waals surface area contributed by atoms with Crippen LogP contribution >= 0.6 is 0 Å². The number of nitrogens with zero attached hydrogens (tertiary/aromatic N) is 2. The lowest BCUT2D eigenvalue weighted by molar-refractivity contribution is -0.125. The van der Waals surface area contributed by atoms with Gasteiger partial charge < -0.3 is 19.9 Å². The molecule has 2 aromatic rings. The van der Waals surface area contributed by atoms with Crippen LogP contribution in [0.3, 0.4) is 0 Å². The Bertz CT molecular complexity index is 959. The average Bonchev–Trinajstić information content (AvgIpc) is 3.27. The fourth-order valence-corrected chi connectivity index (χ4v) is 4.59. The van der Waals surface area contributed by atoms with Gasteiger partial charge in [0.1, 0.15) is 11.8 Å². The lowest BCUT2D eigenvalue weighted by Gasteiger charge is -2.28. The topological polar surface area (TPSA) is 61.9 Å². The maximum Gasteiger partial charge on any atom is 0.254 e. The first-order valence-electron chi connectivity index (χ1n) is 11.2. The molecule has 2 aliphatic heterocycles. The molecule has 2 amide bonds. The molecular formula is C25H31N3O3. The van der Waals surface area contributed by atoms with Gasteiger partial charge in [-0.2, -0.15) is 0 Å². The number of rotatable bonds is 6. The van der Waals surface area contributed by atoms with Crippen molar-refractivity contribution >= 4 is 17.5 Å². The van der Waals surface area contributed by atoms with Crippen molar-refractivity contribution in [2.24, 2.45) is 0 Å². The van der Waals surface area contributed by atoms with E-state index in [-0.39, 0.29) is 11.8 Å². The molecule has 1 saturated heterocycles. The van der Waals surface area contributed by atoms with E-state index in [1.54, 1.807) is 17.0 Å². The molecule has 0 aliphatic carbocycles. The first-order valence-corrected chi connectivity index (χ1v) is 11.2. The third-order valence-electron chi connectivity index (χ3n) is 6.17. The van der Waals surface area contributed by atoms with Crippen molar-refractivity contribution in [1.29, 1.82) is 0 Å². The Hall–Kier alpha value is -3.02. The molecule has 1 unspecified atom stereocenters. The van der Waals surface area contributed by atoms with Crippen LogP contribution in [-0.4, -0.2) is 49.5 Å². The first-order chi connectivity index (χ1) is 15.1. The van der Waals surface area contributed by atoms with Gasteiger partial charge in [-0.05, 0) is 68.0 Å². The van der Waals surface area contributed by atoms with Crippen LogP contribution in [0, 0.1) is 0 Å². The predicted molar refractivity (Wildman–Crippen MR) is 122 cm³/mol. The van der Waals surface area contributed by atoms with Crippen LogP contribution in [0.2, 0.25) is 0 Å². The number of benzene rings is 2. The molecule has 164 valence electrons. The minimum atomic E-state index is -0.424. The number of hydrogen-bond donors (Lipinski definition) is 1. The third-order valence-corrected chi connectivity index (χ3v) is 6.17. The zero-order valence-corrected chi connectivity index (χ0v) is 18.4. The Labute approximate surface area is 184 Å². The van der Waals surface area contributed by atoms with Gasteiger partial charge in [0.25, 0.3) is 5.91 Å². The zero-order valence-electron chi connectivity index (χ0n) is 18.4. The fraction of sp³-hybridized carbons (Fsp3) is 0.440. The standard InChI is InChI=1S/C25H31N3O3/c1-3-31-21-9-4-7-20(16-21)25(30)28-14-6-10-23(28)24(29)26-17-18-11-12-22-19(15-18)8-5-13-27(22)2/h4,7,9,11-12,15-16,23H,3,5-6,8,10,13-14,17H2,1-2H3,(H,26,29). The third kappa shape index (κ3) is 4.68. The van der Waals surface area contributed by atoms with Gasteiger partial charge in [0.05, 0.1) is 6.61 Å². The SMILES string of the molecule is CCOc1cccc(C(=O)N2CCCC2C(=O)NCc2ccc3c(c2)CCCN3C)c1. The highest BCUT2D eigenvalue weighted by atomic mass is 16.5. The molecule has 6 heteroatoms. The fourth-order valence-electron chi connectivity index (χ4n) is 4.59. The summed E-state index contributed by atoms with van der Waals surface area (Å²) in [6, 6.07) is 13.2. The quantitative estimate of drug-likeness (QED) is 0.777. The van der Waals surface area contributed by atoms with Crippen LogP contribution in [0.5, 0.6) is 5.75 Å². The van der Waals surface area contributed by atoms with Gasteiger partial charge >= 0.3 is 0 Å². The van der Waals surface area contributed by atoms with Crippen LogP contribution in [0.25, 0.3) is 0 Å². The maximum absolute atomic E-state index is 13.1. The molecule has 31 heavy (non-hydrogen) atoms. The van der Waals surface area contributed by atoms with E-state index in [2.05, 4.69) is 35.5 Å². The van der Waals surface area contributed by atoms with E-state index in [0.29, 0.717) is 37.4 Å². The molecule has 1 fully saturated rings. The van der Waals surface area contributed by atoms with Gasteiger partial charge in [0, 0.05) is 37.9 Å². The Balaban J connectivity index is 1.40. The minimum Gasteiger partial charge on any atom is -0.494 e. The van der Waals surface area contributed by atoms with Crippen LogP contribution in [0.4, 0.5) is 5.69 Å². The Morgan fingerprint density at radius 2 is 2.00 bits per heavy atom. The number of hydrogen-bond acceptors (Lipinski definition) is 4. The Morgan fingerprint density at radius 3 is 2.84 bits per heavy atom. The van der Waals surface area contributed by atoms with E-state index in [1.165, 1.54) is 11.3 Å². The Morgan fingerprint density at radius 1 is 1.13 bits per heavy atom. The van der Waals surface area contributed by atoms with Crippen molar-refractivity contribution in [3.63, 3.8) is 0 Å². The second kappa shape index (κ2) is 9.41. The summed E-state index contributed by atoms with van der Waals surface area (Å²) in [5, 5.41) is 3.06. The number of nitrogens with one attached hydrogen (secondary N) is 1. The smallest absolute Gasteiger partial charge is 0.254 e. The van der Waals surface area contributed by atoms with Crippen LogP contribution in [0.15, 0.2) is 42.5 Å². The summed E-state index contributed by atoms with van der Waals surface area (Å²) in [7, 11) is 2.12. The van der Waals surface area contributed by atoms with E-state index in [1.807, 2.05) is 19.1 Å². The number of amides is 2. The van der Waals surface area contributed by atoms with Gasteiger partial charge in [0.15, 0.2) is 0 Å². The predicted octanol–water partition coefficient (Wildman–Crippen LogP) is 3.39. The minimum absolute atomic E-state index is 0.0818. The first kappa shape index (κ1) is 21.2. The zero-order chi connectivity index (χ0) is 21.8. The van der Waals surface area contributed by atoms with Crippen molar-refractivity contribution in [3.8, 4) is 5.75 Å². The van der Waals surface area contributed by atoms with E-state index in [4.69, 9.17) is 4.74 Å². The molecule has 0 spiro atoms. The van der Waals surface area contributed by atoms with E-state index >= 15 is 0 Å². The molecule has 0 bridgehead atoms. The van der Waals surface area contributed by atoms with E-state index in [9.17, 15) is 9.59 Å². The van der Waals surface area contributed by atoms with Gasteiger partial charge in [-0.1, -0.05) is 18.2 Å². The molecule has 0 saturated carbocycles. The normalized spacial score (nSPS) is 17.9. The summed E-state index contributed by atoms with van der Waals surface area (Å²) >= 11 is 0. The lowest BCUT2D eigenvalue weighted by Crippen LogP contribution is -2.45. The average molecular weight is 422 g/mol. The molecule has 0 radical (unpaired) electrons. The molecule has 6 nitrogen and oxygen atoms in total. The van der Waals surface area contributed by atoms with Crippen LogP contribution in [0.1, 0.15) is 47.7 Å². The molecule has 0 aromatic heterocycles. The Kier molecular flexibility index (Phi) is 6.44. The molecule has 1 atom stereocenters.